The van der Waals surface area contributed by atoms with Gasteiger partial charge in [0.15, 0.2) is 8.32 Å². The van der Waals surface area contributed by atoms with E-state index in [0.717, 1.165) is 5.69 Å². The molecule has 29 heavy (non-hydrogen) atoms. The number of carbonyl (C=O) groups is 2. The Morgan fingerprint density at radius 2 is 1.59 bits per heavy atom. The highest BCUT2D eigenvalue weighted by Crippen LogP contribution is 2.37. The molecule has 154 valence electrons. The van der Waals surface area contributed by atoms with E-state index in [1.165, 1.54) is 4.90 Å². The van der Waals surface area contributed by atoms with Crippen molar-refractivity contribution >= 4 is 20.1 Å². The Bertz CT molecular complexity index is 855. The Hall–Kier alpha value is -2.31. The number of amides is 2. The highest BCUT2D eigenvalue weighted by Gasteiger charge is 2.39. The van der Waals surface area contributed by atoms with E-state index >= 15 is 0 Å². The van der Waals surface area contributed by atoms with Gasteiger partial charge in [-0.15, -0.1) is 0 Å². The van der Waals surface area contributed by atoms with E-state index in [1.54, 1.807) is 30.5 Å². The third kappa shape index (κ3) is 4.48. The maximum Gasteiger partial charge on any atom is 0.261 e. The maximum atomic E-state index is 12.8. The molecular weight excluding hydrogens is 380 g/mol. The molecule has 0 spiro atoms. The van der Waals surface area contributed by atoms with Gasteiger partial charge in [-0.3, -0.25) is 19.5 Å². The van der Waals surface area contributed by atoms with Crippen LogP contribution < -0.4 is 0 Å². The Balaban J connectivity index is 1.76. The summed E-state index contributed by atoms with van der Waals surface area (Å²) < 4.78 is 6.35. The van der Waals surface area contributed by atoms with Gasteiger partial charge >= 0.3 is 0 Å². The molecule has 1 aromatic carbocycles. The van der Waals surface area contributed by atoms with E-state index in [-0.39, 0.29) is 22.8 Å². The Morgan fingerprint density at radius 3 is 2.10 bits per heavy atom. The zero-order chi connectivity index (χ0) is 21.2. The van der Waals surface area contributed by atoms with Gasteiger partial charge in [0, 0.05) is 31.0 Å². The molecule has 2 aromatic rings. The minimum Gasteiger partial charge on any atom is -0.417 e. The number of rotatable bonds is 7. The molecule has 0 saturated carbocycles. The molecule has 0 aliphatic carbocycles. The first-order valence-electron chi connectivity index (χ1n) is 10.1. The lowest BCUT2D eigenvalue weighted by atomic mass is 10.0. The zero-order valence-corrected chi connectivity index (χ0v) is 18.9. The maximum absolute atomic E-state index is 12.8. The largest absolute Gasteiger partial charge is 0.417 e. The van der Waals surface area contributed by atoms with Crippen LogP contribution >= 0.6 is 0 Å². The van der Waals surface area contributed by atoms with Crippen molar-refractivity contribution in [3.05, 3.63) is 65.5 Å². The molecule has 0 N–H and O–H groups in total. The molecule has 1 aliphatic heterocycles. The fraction of sp³-hybridized carbons (Fsp3) is 0.435. The highest BCUT2D eigenvalue weighted by atomic mass is 28.4. The van der Waals surface area contributed by atoms with Gasteiger partial charge in [0.05, 0.1) is 11.1 Å². The first-order valence-corrected chi connectivity index (χ1v) is 13.0. The van der Waals surface area contributed by atoms with Crippen LogP contribution in [0.5, 0.6) is 0 Å². The number of hydrogen-bond donors (Lipinski definition) is 0. The zero-order valence-electron chi connectivity index (χ0n) is 17.9. The summed E-state index contributed by atoms with van der Waals surface area (Å²) in [6.45, 7) is 12.0. The second kappa shape index (κ2) is 8.20. The summed E-state index contributed by atoms with van der Waals surface area (Å²) in [5, 5.41) is 0.135. The number of nitrogens with zero attached hydrogens (tertiary/aromatic N) is 2. The summed E-state index contributed by atoms with van der Waals surface area (Å²) in [5.74, 6) is -0.517. The molecule has 1 aromatic heterocycles. The Labute approximate surface area is 174 Å². The van der Waals surface area contributed by atoms with Crippen molar-refractivity contribution in [2.75, 3.05) is 13.2 Å². The number of aromatic nitrogens is 1. The summed E-state index contributed by atoms with van der Waals surface area (Å²) in [6, 6.07) is 12.8. The van der Waals surface area contributed by atoms with Crippen molar-refractivity contribution in [3.63, 3.8) is 0 Å². The van der Waals surface area contributed by atoms with Crippen molar-refractivity contribution in [1.82, 2.24) is 9.88 Å². The third-order valence-electron chi connectivity index (χ3n) is 6.12. The predicted octanol–water partition coefficient (Wildman–Crippen LogP) is 4.87. The van der Waals surface area contributed by atoms with Crippen LogP contribution in [0.3, 0.4) is 0 Å². The molecular formula is C23H30N2O3Si. The lowest BCUT2D eigenvalue weighted by molar-refractivity contribution is 0.0638. The molecule has 0 saturated heterocycles. The normalized spacial score (nSPS) is 15.6. The van der Waals surface area contributed by atoms with Gasteiger partial charge in [-0.25, -0.2) is 0 Å². The SMILES string of the molecule is CC(C)(C)[Si](C)(C)OCCC(CN1C(=O)c2ccccc2C1=O)c1ccccn1. The van der Waals surface area contributed by atoms with Gasteiger partial charge in [0.25, 0.3) is 11.8 Å². The van der Waals surface area contributed by atoms with Crippen molar-refractivity contribution in [1.29, 1.82) is 0 Å². The summed E-state index contributed by atoms with van der Waals surface area (Å²) in [7, 11) is -1.86. The van der Waals surface area contributed by atoms with Gasteiger partial charge in [-0.1, -0.05) is 39.0 Å². The molecule has 0 bridgehead atoms. The van der Waals surface area contributed by atoms with Crippen molar-refractivity contribution < 1.29 is 14.0 Å². The Morgan fingerprint density at radius 1 is 1.00 bits per heavy atom. The summed E-state index contributed by atoms with van der Waals surface area (Å²) >= 11 is 0. The minimum absolute atomic E-state index is 0.0665. The fourth-order valence-corrected chi connectivity index (χ4v) is 4.31. The molecule has 3 rings (SSSR count). The number of hydrogen-bond acceptors (Lipinski definition) is 4. The van der Waals surface area contributed by atoms with Crippen LogP contribution in [0.15, 0.2) is 48.7 Å². The molecule has 2 heterocycles. The fourth-order valence-electron chi connectivity index (χ4n) is 3.25. The number of pyridine rings is 1. The van der Waals surface area contributed by atoms with Crippen LogP contribution in [-0.2, 0) is 4.43 Å². The van der Waals surface area contributed by atoms with Gasteiger partial charge in [-0.2, -0.15) is 0 Å². The number of carbonyl (C=O) groups excluding carboxylic acids is 2. The summed E-state index contributed by atoms with van der Waals surface area (Å²) in [4.78, 5) is 31.4. The molecule has 1 atom stereocenters. The Kier molecular flexibility index (Phi) is 6.05. The highest BCUT2D eigenvalue weighted by molar-refractivity contribution is 6.74. The predicted molar refractivity (Wildman–Crippen MR) is 117 cm³/mol. The summed E-state index contributed by atoms with van der Waals surface area (Å²) in [6.07, 6.45) is 2.45. The first-order chi connectivity index (χ1) is 13.6. The lowest BCUT2D eigenvalue weighted by Crippen LogP contribution is -2.41. The molecule has 0 fully saturated rings. The second-order valence-electron chi connectivity index (χ2n) is 9.12. The third-order valence-corrected chi connectivity index (χ3v) is 10.7. The average molecular weight is 411 g/mol. The van der Waals surface area contributed by atoms with Gasteiger partial charge in [0.2, 0.25) is 0 Å². The molecule has 1 aliphatic rings. The monoisotopic (exact) mass is 410 g/mol. The van der Waals surface area contributed by atoms with Crippen LogP contribution in [0, 0.1) is 0 Å². The standard InChI is InChI=1S/C23H30N2O3Si/c1-23(2,3)29(4,5)28-15-13-17(20-12-8-9-14-24-20)16-25-21(26)18-10-6-7-11-19(18)22(25)27/h6-12,14,17H,13,15-16H2,1-5H3. The van der Waals surface area contributed by atoms with Crippen molar-refractivity contribution in [3.8, 4) is 0 Å². The van der Waals surface area contributed by atoms with Crippen LogP contribution in [0.1, 0.15) is 59.5 Å². The second-order valence-corrected chi connectivity index (χ2v) is 13.9. The van der Waals surface area contributed by atoms with Crippen LogP contribution in [0.4, 0.5) is 0 Å². The van der Waals surface area contributed by atoms with Gasteiger partial charge in [-0.05, 0) is 48.8 Å². The van der Waals surface area contributed by atoms with E-state index in [9.17, 15) is 9.59 Å². The molecule has 0 radical (unpaired) electrons. The van der Waals surface area contributed by atoms with Crippen LogP contribution in [0.2, 0.25) is 18.1 Å². The van der Waals surface area contributed by atoms with E-state index in [2.05, 4.69) is 38.8 Å². The van der Waals surface area contributed by atoms with Crippen LogP contribution in [0.25, 0.3) is 0 Å². The summed E-state index contributed by atoms with van der Waals surface area (Å²) in [5.41, 5.74) is 1.84. The van der Waals surface area contributed by atoms with E-state index in [0.29, 0.717) is 30.7 Å². The van der Waals surface area contributed by atoms with Crippen LogP contribution in [-0.4, -0.2) is 43.2 Å². The van der Waals surface area contributed by atoms with E-state index in [4.69, 9.17) is 4.43 Å². The topological polar surface area (TPSA) is 59.5 Å². The minimum atomic E-state index is -1.86. The van der Waals surface area contributed by atoms with E-state index < -0.39 is 8.32 Å². The first kappa shape index (κ1) is 21.4. The van der Waals surface area contributed by atoms with Gasteiger partial charge in [0.1, 0.15) is 0 Å². The van der Waals surface area contributed by atoms with Crippen molar-refractivity contribution in [2.45, 2.75) is 51.2 Å². The van der Waals surface area contributed by atoms with Gasteiger partial charge < -0.3 is 4.43 Å². The molecule has 6 heteroatoms. The smallest absolute Gasteiger partial charge is 0.261 e. The quantitative estimate of drug-likeness (QED) is 0.482. The average Bonchev–Trinajstić information content (AvgIpc) is 2.92. The molecule has 1 unspecified atom stereocenters. The molecule has 2 amide bonds. The molecule has 5 nitrogen and oxygen atoms in total. The van der Waals surface area contributed by atoms with Crippen molar-refractivity contribution in [2.24, 2.45) is 0 Å². The number of benzene rings is 1. The number of imide groups is 1. The number of fused-ring (bicyclic) bond motifs is 1. The van der Waals surface area contributed by atoms with E-state index in [1.807, 2.05) is 18.2 Å². The lowest BCUT2D eigenvalue weighted by Gasteiger charge is -2.36.